The molecule has 1 aliphatic carbocycles. The third-order valence-electron chi connectivity index (χ3n) is 4.94. The van der Waals surface area contributed by atoms with E-state index in [0.29, 0.717) is 52.1 Å². The van der Waals surface area contributed by atoms with Crippen LogP contribution in [0.4, 0.5) is 0 Å². The molecule has 0 amide bonds. The zero-order valence-corrected chi connectivity index (χ0v) is 15.2. The number of likely N-dealkylation sites (N-methyl/N-ethyl adjacent to an activating group) is 1. The second kappa shape index (κ2) is 6.31. The molecule has 0 aromatic rings. The van der Waals surface area contributed by atoms with Crippen molar-refractivity contribution in [1.29, 1.82) is 0 Å². The van der Waals surface area contributed by atoms with Gasteiger partial charge in [-0.15, -0.1) is 0 Å². The van der Waals surface area contributed by atoms with E-state index in [1.165, 1.54) is 0 Å². The van der Waals surface area contributed by atoms with Gasteiger partial charge in [-0.1, -0.05) is 0 Å². The molecule has 0 radical (unpaired) electrons. The molecule has 0 aromatic heterocycles. The van der Waals surface area contributed by atoms with Crippen LogP contribution in [0.15, 0.2) is 5.10 Å². The van der Waals surface area contributed by atoms with Crippen molar-refractivity contribution in [3.63, 3.8) is 0 Å². The molecular formula is C15H29N3O4S. The van der Waals surface area contributed by atoms with Crippen LogP contribution in [0.3, 0.4) is 0 Å². The Kier molecular flexibility index (Phi) is 5.11. The van der Waals surface area contributed by atoms with Gasteiger partial charge in [-0.05, 0) is 39.7 Å². The van der Waals surface area contributed by atoms with Crippen LogP contribution in [0.2, 0.25) is 0 Å². The first-order valence-corrected chi connectivity index (χ1v) is 9.49. The molecule has 23 heavy (non-hydrogen) atoms. The van der Waals surface area contributed by atoms with E-state index in [9.17, 15) is 13.5 Å². The SMILES string of the molecule is C=NN(C)CC(C)(O)CCNCC1(S(=O)(=O)C2(C)COC2)CC1. The van der Waals surface area contributed by atoms with Crippen molar-refractivity contribution in [2.45, 2.75) is 48.2 Å². The van der Waals surface area contributed by atoms with Crippen LogP contribution in [-0.4, -0.2) is 80.2 Å². The number of hydrogen-bond acceptors (Lipinski definition) is 7. The van der Waals surface area contributed by atoms with Gasteiger partial charge in [0.15, 0.2) is 9.84 Å². The molecule has 1 unspecified atom stereocenters. The Morgan fingerprint density at radius 1 is 1.43 bits per heavy atom. The summed E-state index contributed by atoms with van der Waals surface area (Å²) in [6.45, 7) is 8.91. The molecule has 0 bridgehead atoms. The summed E-state index contributed by atoms with van der Waals surface area (Å²) in [6.07, 6.45) is 1.93. The average molecular weight is 347 g/mol. The van der Waals surface area contributed by atoms with Gasteiger partial charge in [0.2, 0.25) is 0 Å². The topological polar surface area (TPSA) is 91.2 Å². The summed E-state index contributed by atoms with van der Waals surface area (Å²) in [5, 5.41) is 18.8. The van der Waals surface area contributed by atoms with Gasteiger partial charge < -0.3 is 15.2 Å². The lowest BCUT2D eigenvalue weighted by Gasteiger charge is -2.40. The standard InChI is InChI=1S/C15H29N3O4S/c1-13(19,10-18(4)16-3)7-8-17-9-15(5-6-15)23(20,21)14(2)11-22-12-14/h17,19H,3,5-12H2,1-2,4H3. The van der Waals surface area contributed by atoms with Gasteiger partial charge >= 0.3 is 0 Å². The highest BCUT2D eigenvalue weighted by atomic mass is 32.2. The Balaban J connectivity index is 1.81. The first-order valence-electron chi connectivity index (χ1n) is 8.00. The smallest absolute Gasteiger partial charge is 0.167 e. The molecular weight excluding hydrogens is 318 g/mol. The maximum Gasteiger partial charge on any atom is 0.167 e. The van der Waals surface area contributed by atoms with Gasteiger partial charge in [-0.3, -0.25) is 5.01 Å². The molecule has 8 heteroatoms. The van der Waals surface area contributed by atoms with Gasteiger partial charge in [-0.25, -0.2) is 8.42 Å². The summed E-state index contributed by atoms with van der Waals surface area (Å²) in [7, 11) is -1.46. The van der Waals surface area contributed by atoms with E-state index < -0.39 is 24.9 Å². The molecule has 134 valence electrons. The van der Waals surface area contributed by atoms with Crippen molar-refractivity contribution in [3.8, 4) is 0 Å². The van der Waals surface area contributed by atoms with Crippen LogP contribution >= 0.6 is 0 Å². The number of hydrogen-bond donors (Lipinski definition) is 2. The van der Waals surface area contributed by atoms with Gasteiger partial charge in [-0.2, -0.15) is 5.10 Å². The number of nitrogens with zero attached hydrogens (tertiary/aromatic N) is 2. The number of sulfone groups is 1. The molecule has 1 heterocycles. The molecule has 0 spiro atoms. The van der Waals surface area contributed by atoms with Crippen LogP contribution in [0, 0.1) is 0 Å². The first-order chi connectivity index (χ1) is 10.6. The highest BCUT2D eigenvalue weighted by molar-refractivity contribution is 7.94. The zero-order valence-electron chi connectivity index (χ0n) is 14.3. The molecule has 2 N–H and O–H groups in total. The second-order valence-corrected chi connectivity index (χ2v) is 10.4. The highest BCUT2D eigenvalue weighted by Gasteiger charge is 2.63. The summed E-state index contributed by atoms with van der Waals surface area (Å²) < 4.78 is 29.3. The number of rotatable bonds is 10. The average Bonchev–Trinajstić information content (AvgIpc) is 3.21. The van der Waals surface area contributed by atoms with E-state index in [4.69, 9.17) is 4.74 Å². The number of hydrazone groups is 1. The summed E-state index contributed by atoms with van der Waals surface area (Å²) in [5.41, 5.74) is -0.897. The van der Waals surface area contributed by atoms with Gasteiger partial charge in [0.25, 0.3) is 0 Å². The quantitative estimate of drug-likeness (QED) is 0.328. The fourth-order valence-electron chi connectivity index (χ4n) is 3.04. The molecule has 1 saturated carbocycles. The van der Waals surface area contributed by atoms with Crippen molar-refractivity contribution in [2.24, 2.45) is 5.10 Å². The van der Waals surface area contributed by atoms with E-state index in [2.05, 4.69) is 17.1 Å². The van der Waals surface area contributed by atoms with Crippen molar-refractivity contribution in [3.05, 3.63) is 0 Å². The molecule has 1 atom stereocenters. The van der Waals surface area contributed by atoms with Crippen LogP contribution in [0.5, 0.6) is 0 Å². The Hall–Kier alpha value is -0.700. The van der Waals surface area contributed by atoms with Crippen LogP contribution < -0.4 is 5.32 Å². The summed E-state index contributed by atoms with van der Waals surface area (Å²) in [6, 6.07) is 0. The Bertz CT molecular complexity index is 539. The van der Waals surface area contributed by atoms with Gasteiger partial charge in [0.1, 0.15) is 4.75 Å². The fraction of sp³-hybridized carbons (Fsp3) is 0.933. The number of ether oxygens (including phenoxy) is 1. The lowest BCUT2D eigenvalue weighted by atomic mass is 10.0. The molecule has 0 aromatic carbocycles. The predicted molar refractivity (Wildman–Crippen MR) is 90.4 cm³/mol. The van der Waals surface area contributed by atoms with Crippen molar-refractivity contribution in [1.82, 2.24) is 10.3 Å². The Morgan fingerprint density at radius 3 is 2.48 bits per heavy atom. The predicted octanol–water partition coefficient (Wildman–Crippen LogP) is 0.000800. The van der Waals surface area contributed by atoms with Gasteiger partial charge in [0, 0.05) is 20.3 Å². The normalized spacial score (nSPS) is 24.3. The van der Waals surface area contributed by atoms with E-state index in [-0.39, 0.29) is 0 Å². The van der Waals surface area contributed by atoms with Crippen LogP contribution in [-0.2, 0) is 14.6 Å². The van der Waals surface area contributed by atoms with Crippen LogP contribution in [0.1, 0.15) is 33.1 Å². The fourth-order valence-corrected chi connectivity index (χ4v) is 5.50. The minimum Gasteiger partial charge on any atom is -0.388 e. The molecule has 1 aliphatic heterocycles. The minimum absolute atomic E-state index is 0.298. The minimum atomic E-state index is -3.21. The first kappa shape index (κ1) is 18.6. The largest absolute Gasteiger partial charge is 0.388 e. The van der Waals surface area contributed by atoms with Crippen molar-refractivity contribution >= 4 is 16.6 Å². The molecule has 2 fully saturated rings. The van der Waals surface area contributed by atoms with E-state index >= 15 is 0 Å². The lowest BCUT2D eigenvalue weighted by molar-refractivity contribution is -0.00552. The van der Waals surface area contributed by atoms with Gasteiger partial charge in [0.05, 0.1) is 30.1 Å². The third-order valence-corrected chi connectivity index (χ3v) is 8.17. The summed E-state index contributed by atoms with van der Waals surface area (Å²) in [4.78, 5) is 0. The summed E-state index contributed by atoms with van der Waals surface area (Å²) >= 11 is 0. The lowest BCUT2D eigenvalue weighted by Crippen LogP contribution is -2.58. The maximum absolute atomic E-state index is 12.8. The van der Waals surface area contributed by atoms with Crippen molar-refractivity contribution < 1.29 is 18.3 Å². The molecule has 1 saturated heterocycles. The second-order valence-electron chi connectivity index (χ2n) is 7.51. The zero-order chi connectivity index (χ0) is 17.4. The molecule has 7 nitrogen and oxygen atoms in total. The monoisotopic (exact) mass is 347 g/mol. The Labute approximate surface area is 139 Å². The van der Waals surface area contributed by atoms with Crippen molar-refractivity contribution in [2.75, 3.05) is 39.9 Å². The number of aliphatic hydroxyl groups is 1. The van der Waals surface area contributed by atoms with Crippen LogP contribution in [0.25, 0.3) is 0 Å². The number of nitrogens with one attached hydrogen (secondary N) is 1. The summed E-state index contributed by atoms with van der Waals surface area (Å²) in [5.74, 6) is 0. The van der Waals surface area contributed by atoms with E-state index in [0.717, 1.165) is 0 Å². The maximum atomic E-state index is 12.8. The van der Waals surface area contributed by atoms with E-state index in [1.807, 2.05) is 0 Å². The third kappa shape index (κ3) is 3.70. The van der Waals surface area contributed by atoms with E-state index in [1.54, 1.807) is 25.9 Å². The Morgan fingerprint density at radius 2 is 2.04 bits per heavy atom. The highest BCUT2D eigenvalue weighted by Crippen LogP contribution is 2.49. The molecule has 2 rings (SSSR count). The molecule has 2 aliphatic rings.